The van der Waals surface area contributed by atoms with Gasteiger partial charge in [-0.1, -0.05) is 30.3 Å². The van der Waals surface area contributed by atoms with Gasteiger partial charge in [-0.05, 0) is 24.3 Å². The molecule has 7 heteroatoms. The molecule has 2 aromatic carbocycles. The standard InChI is InChI=1S/C23H26N4O3/c1-30-21-11-6-5-10-20(21)27(13-7-12-24)22(28)18-25-14-16-26(17-15-25)23(29)19-8-3-2-4-9-19/h2-6,8-11H,7,13-18H2,1H3. The van der Waals surface area contributed by atoms with Crippen molar-refractivity contribution < 1.29 is 14.3 Å². The molecule has 0 N–H and O–H groups in total. The van der Waals surface area contributed by atoms with Crippen molar-refractivity contribution in [2.24, 2.45) is 0 Å². The number of nitrogens with zero attached hydrogens (tertiary/aromatic N) is 4. The van der Waals surface area contributed by atoms with Crippen LogP contribution in [0, 0.1) is 11.3 Å². The average Bonchev–Trinajstić information content (AvgIpc) is 2.80. The number of piperazine rings is 1. The molecule has 30 heavy (non-hydrogen) atoms. The molecule has 0 aliphatic carbocycles. The minimum atomic E-state index is -0.0856. The first-order valence-corrected chi connectivity index (χ1v) is 10.0. The monoisotopic (exact) mass is 406 g/mol. The molecule has 0 bridgehead atoms. The van der Waals surface area contributed by atoms with Crippen LogP contribution in [0.15, 0.2) is 54.6 Å². The van der Waals surface area contributed by atoms with E-state index in [-0.39, 0.29) is 24.8 Å². The number of rotatable bonds is 7. The fourth-order valence-corrected chi connectivity index (χ4v) is 3.54. The number of methoxy groups -OCH3 is 1. The summed E-state index contributed by atoms with van der Waals surface area (Å²) < 4.78 is 5.39. The van der Waals surface area contributed by atoms with E-state index in [0.29, 0.717) is 49.7 Å². The molecule has 0 atom stereocenters. The molecule has 3 rings (SSSR count). The average molecular weight is 406 g/mol. The number of para-hydroxylation sites is 2. The van der Waals surface area contributed by atoms with Crippen LogP contribution in [0.25, 0.3) is 0 Å². The maximum Gasteiger partial charge on any atom is 0.253 e. The van der Waals surface area contributed by atoms with E-state index in [0.717, 1.165) is 0 Å². The highest BCUT2D eigenvalue weighted by molar-refractivity contribution is 5.96. The summed E-state index contributed by atoms with van der Waals surface area (Å²) in [4.78, 5) is 31.1. The second-order valence-corrected chi connectivity index (χ2v) is 7.06. The van der Waals surface area contributed by atoms with E-state index in [1.54, 1.807) is 18.1 Å². The third kappa shape index (κ3) is 5.16. The van der Waals surface area contributed by atoms with Crippen molar-refractivity contribution in [1.82, 2.24) is 9.80 Å². The first-order valence-electron chi connectivity index (χ1n) is 10.0. The maximum atomic E-state index is 13.1. The van der Waals surface area contributed by atoms with Crippen LogP contribution in [-0.4, -0.2) is 68.0 Å². The van der Waals surface area contributed by atoms with E-state index in [4.69, 9.17) is 10.00 Å². The fourth-order valence-electron chi connectivity index (χ4n) is 3.54. The number of anilines is 1. The summed E-state index contributed by atoms with van der Waals surface area (Å²) in [6.45, 7) is 2.95. The molecule has 0 spiro atoms. The van der Waals surface area contributed by atoms with Crippen LogP contribution in [0.3, 0.4) is 0 Å². The van der Waals surface area contributed by atoms with Gasteiger partial charge in [-0.15, -0.1) is 0 Å². The summed E-state index contributed by atoms with van der Waals surface area (Å²) in [6, 6.07) is 18.7. The number of amides is 2. The van der Waals surface area contributed by atoms with E-state index in [1.807, 2.05) is 58.3 Å². The van der Waals surface area contributed by atoms with Crippen LogP contribution in [-0.2, 0) is 4.79 Å². The van der Waals surface area contributed by atoms with Crippen LogP contribution >= 0.6 is 0 Å². The minimum Gasteiger partial charge on any atom is -0.495 e. The largest absolute Gasteiger partial charge is 0.495 e. The molecule has 2 aromatic rings. The van der Waals surface area contributed by atoms with Gasteiger partial charge < -0.3 is 14.5 Å². The molecule has 7 nitrogen and oxygen atoms in total. The third-order valence-corrected chi connectivity index (χ3v) is 5.16. The van der Waals surface area contributed by atoms with Gasteiger partial charge in [0.1, 0.15) is 5.75 Å². The first kappa shape index (κ1) is 21.3. The minimum absolute atomic E-state index is 0.0197. The number of ether oxygens (including phenoxy) is 1. The van der Waals surface area contributed by atoms with Gasteiger partial charge in [0.2, 0.25) is 5.91 Å². The fraction of sp³-hybridized carbons (Fsp3) is 0.348. The van der Waals surface area contributed by atoms with Crippen LogP contribution < -0.4 is 9.64 Å². The topological polar surface area (TPSA) is 76.9 Å². The number of hydrogen-bond acceptors (Lipinski definition) is 5. The first-order chi connectivity index (χ1) is 14.6. The summed E-state index contributed by atoms with van der Waals surface area (Å²) in [6.07, 6.45) is 0.239. The van der Waals surface area contributed by atoms with Crippen molar-refractivity contribution in [3.05, 3.63) is 60.2 Å². The molecule has 156 valence electrons. The van der Waals surface area contributed by atoms with Crippen molar-refractivity contribution >= 4 is 17.5 Å². The Morgan fingerprint density at radius 2 is 1.70 bits per heavy atom. The maximum absolute atomic E-state index is 13.1. The summed E-state index contributed by atoms with van der Waals surface area (Å²) in [7, 11) is 1.56. The van der Waals surface area contributed by atoms with Crippen LogP contribution in [0.5, 0.6) is 5.75 Å². The van der Waals surface area contributed by atoms with E-state index in [9.17, 15) is 9.59 Å². The lowest BCUT2D eigenvalue weighted by Crippen LogP contribution is -2.51. The molecule has 1 heterocycles. The smallest absolute Gasteiger partial charge is 0.253 e. The number of carbonyl (C=O) groups is 2. The van der Waals surface area contributed by atoms with Crippen molar-refractivity contribution in [3.8, 4) is 11.8 Å². The van der Waals surface area contributed by atoms with Crippen molar-refractivity contribution in [3.63, 3.8) is 0 Å². The zero-order valence-corrected chi connectivity index (χ0v) is 17.2. The summed E-state index contributed by atoms with van der Waals surface area (Å²) in [5.74, 6) is 0.533. The number of hydrogen-bond donors (Lipinski definition) is 0. The highest BCUT2D eigenvalue weighted by Gasteiger charge is 2.26. The molecule has 0 saturated carbocycles. The van der Waals surface area contributed by atoms with E-state index in [2.05, 4.69) is 6.07 Å². The van der Waals surface area contributed by atoms with Gasteiger partial charge in [0, 0.05) is 38.3 Å². The predicted octanol–water partition coefficient (Wildman–Crippen LogP) is 2.40. The zero-order valence-electron chi connectivity index (χ0n) is 17.2. The summed E-state index contributed by atoms with van der Waals surface area (Å²) in [5.41, 5.74) is 1.35. The lowest BCUT2D eigenvalue weighted by molar-refractivity contribution is -0.120. The van der Waals surface area contributed by atoms with Crippen LogP contribution in [0.1, 0.15) is 16.8 Å². The second-order valence-electron chi connectivity index (χ2n) is 7.06. The van der Waals surface area contributed by atoms with Gasteiger partial charge in [0.05, 0.1) is 31.8 Å². The molecular formula is C23H26N4O3. The van der Waals surface area contributed by atoms with E-state index >= 15 is 0 Å². The zero-order chi connectivity index (χ0) is 21.3. The van der Waals surface area contributed by atoms with Gasteiger partial charge in [0.25, 0.3) is 5.91 Å². The molecule has 1 fully saturated rings. The molecular weight excluding hydrogens is 380 g/mol. The second kappa shape index (κ2) is 10.4. The third-order valence-electron chi connectivity index (χ3n) is 5.16. The molecule has 1 saturated heterocycles. The van der Waals surface area contributed by atoms with Crippen molar-refractivity contribution in [2.45, 2.75) is 6.42 Å². The molecule has 1 aliphatic rings. The van der Waals surface area contributed by atoms with E-state index < -0.39 is 0 Å². The highest BCUT2D eigenvalue weighted by atomic mass is 16.5. The molecule has 0 unspecified atom stereocenters. The Kier molecular flexibility index (Phi) is 7.41. The Morgan fingerprint density at radius 3 is 2.37 bits per heavy atom. The normalized spacial score (nSPS) is 14.1. The molecule has 1 aliphatic heterocycles. The molecule has 2 amide bonds. The summed E-state index contributed by atoms with van der Waals surface area (Å²) in [5, 5.41) is 9.00. The SMILES string of the molecule is COc1ccccc1N(CCC#N)C(=O)CN1CCN(C(=O)c2ccccc2)CC1. The number of carbonyl (C=O) groups excluding carboxylic acids is 2. The number of benzene rings is 2. The van der Waals surface area contributed by atoms with Crippen LogP contribution in [0.2, 0.25) is 0 Å². The Hall–Kier alpha value is -3.37. The predicted molar refractivity (Wildman–Crippen MR) is 114 cm³/mol. The van der Waals surface area contributed by atoms with Gasteiger partial charge in [0.15, 0.2) is 0 Å². The van der Waals surface area contributed by atoms with E-state index in [1.165, 1.54) is 0 Å². The Bertz CT molecular complexity index is 902. The highest BCUT2D eigenvalue weighted by Crippen LogP contribution is 2.28. The Morgan fingerprint density at radius 1 is 1.03 bits per heavy atom. The van der Waals surface area contributed by atoms with Gasteiger partial charge >= 0.3 is 0 Å². The number of nitriles is 1. The quantitative estimate of drug-likeness (QED) is 0.706. The Labute approximate surface area is 177 Å². The molecule has 0 aromatic heterocycles. The van der Waals surface area contributed by atoms with Crippen molar-refractivity contribution in [2.75, 3.05) is 51.3 Å². The van der Waals surface area contributed by atoms with Crippen LogP contribution in [0.4, 0.5) is 5.69 Å². The molecule has 0 radical (unpaired) electrons. The lowest BCUT2D eigenvalue weighted by Gasteiger charge is -2.35. The van der Waals surface area contributed by atoms with Crippen molar-refractivity contribution in [1.29, 1.82) is 5.26 Å². The van der Waals surface area contributed by atoms with Gasteiger partial charge in [-0.25, -0.2) is 0 Å². The lowest BCUT2D eigenvalue weighted by atomic mass is 10.2. The Balaban J connectivity index is 1.61. The van der Waals surface area contributed by atoms with Gasteiger partial charge in [-0.2, -0.15) is 5.26 Å². The summed E-state index contributed by atoms with van der Waals surface area (Å²) >= 11 is 0. The van der Waals surface area contributed by atoms with Gasteiger partial charge in [-0.3, -0.25) is 14.5 Å².